The van der Waals surface area contributed by atoms with Crippen molar-refractivity contribution >= 4 is 5.78 Å². The minimum Gasteiger partial charge on any atom is -0.382 e. The van der Waals surface area contributed by atoms with E-state index in [2.05, 4.69) is 13.8 Å². The van der Waals surface area contributed by atoms with Crippen molar-refractivity contribution in [3.63, 3.8) is 0 Å². The average molecular weight is 248 g/mol. The summed E-state index contributed by atoms with van der Waals surface area (Å²) < 4.78 is 0. The van der Waals surface area contributed by atoms with Crippen LogP contribution in [-0.2, 0) is 6.42 Å². The summed E-state index contributed by atoms with van der Waals surface area (Å²) in [6.07, 6.45) is 1.87. The van der Waals surface area contributed by atoms with Crippen molar-refractivity contribution in [2.45, 2.75) is 52.6 Å². The van der Waals surface area contributed by atoms with E-state index in [-0.39, 0.29) is 5.78 Å². The van der Waals surface area contributed by atoms with Gasteiger partial charge in [0.15, 0.2) is 5.78 Å². The third-order valence-corrected chi connectivity index (χ3v) is 3.43. The molecule has 0 saturated carbocycles. The van der Waals surface area contributed by atoms with Gasteiger partial charge in [-0.1, -0.05) is 45.9 Å². The summed E-state index contributed by atoms with van der Waals surface area (Å²) in [5.74, 6) is 0.407. The van der Waals surface area contributed by atoms with E-state index in [9.17, 15) is 9.90 Å². The van der Waals surface area contributed by atoms with Crippen LogP contribution < -0.4 is 0 Å². The van der Waals surface area contributed by atoms with Gasteiger partial charge in [-0.2, -0.15) is 0 Å². The van der Waals surface area contributed by atoms with E-state index in [1.54, 1.807) is 6.07 Å². The monoisotopic (exact) mass is 248 g/mol. The molecule has 0 fully saturated rings. The van der Waals surface area contributed by atoms with Gasteiger partial charge < -0.3 is 5.11 Å². The van der Waals surface area contributed by atoms with Crippen LogP contribution >= 0.6 is 0 Å². The number of carbonyl (C=O) groups excluding carboxylic acids is 1. The van der Waals surface area contributed by atoms with Gasteiger partial charge in [0.2, 0.25) is 0 Å². The molecular formula is C16H24O2. The van der Waals surface area contributed by atoms with Crippen molar-refractivity contribution in [1.29, 1.82) is 0 Å². The highest BCUT2D eigenvalue weighted by atomic mass is 16.3. The van der Waals surface area contributed by atoms with Gasteiger partial charge in [0.25, 0.3) is 0 Å². The van der Waals surface area contributed by atoms with Crippen molar-refractivity contribution in [2.24, 2.45) is 5.92 Å². The molecule has 2 nitrogen and oxygen atoms in total. The van der Waals surface area contributed by atoms with E-state index in [1.165, 1.54) is 0 Å². The predicted molar refractivity (Wildman–Crippen MR) is 74.8 cm³/mol. The van der Waals surface area contributed by atoms with Crippen LogP contribution in [0.3, 0.4) is 0 Å². The Morgan fingerprint density at radius 3 is 2.39 bits per heavy atom. The van der Waals surface area contributed by atoms with Gasteiger partial charge in [-0.15, -0.1) is 0 Å². The molecule has 1 N–H and O–H groups in total. The fourth-order valence-corrected chi connectivity index (χ4v) is 2.15. The lowest BCUT2D eigenvalue weighted by Gasteiger charge is -2.23. The smallest absolute Gasteiger partial charge is 0.194 e. The molecule has 0 saturated heterocycles. The van der Waals surface area contributed by atoms with Crippen LogP contribution in [0.4, 0.5) is 0 Å². The quantitative estimate of drug-likeness (QED) is 0.781. The van der Waals surface area contributed by atoms with Crippen LogP contribution in [0, 0.1) is 5.92 Å². The van der Waals surface area contributed by atoms with E-state index in [1.807, 2.05) is 32.0 Å². The Hall–Kier alpha value is -1.15. The van der Waals surface area contributed by atoms with Crippen LogP contribution in [0.25, 0.3) is 0 Å². The van der Waals surface area contributed by atoms with Gasteiger partial charge in [0.1, 0.15) is 5.60 Å². The molecule has 0 aliphatic heterocycles. The Labute approximate surface area is 110 Å². The summed E-state index contributed by atoms with van der Waals surface area (Å²) in [5, 5.41) is 10.3. The molecule has 0 radical (unpaired) electrons. The lowest BCUT2D eigenvalue weighted by molar-refractivity contribution is 0.0277. The van der Waals surface area contributed by atoms with Crippen molar-refractivity contribution in [1.82, 2.24) is 0 Å². The number of Topliss-reactive ketones (excluding diaryl/α,β-unsaturated/α-hetero) is 1. The van der Waals surface area contributed by atoms with Gasteiger partial charge in [0, 0.05) is 5.56 Å². The van der Waals surface area contributed by atoms with Crippen molar-refractivity contribution in [3.05, 3.63) is 35.4 Å². The third kappa shape index (κ3) is 3.42. The number of ketones is 1. The van der Waals surface area contributed by atoms with Crippen molar-refractivity contribution in [3.8, 4) is 0 Å². The molecule has 0 spiro atoms. The molecule has 0 aromatic heterocycles. The Morgan fingerprint density at radius 1 is 1.28 bits per heavy atom. The highest BCUT2D eigenvalue weighted by Gasteiger charge is 2.32. The van der Waals surface area contributed by atoms with Crippen molar-refractivity contribution < 1.29 is 9.90 Å². The Morgan fingerprint density at radius 2 is 1.89 bits per heavy atom. The molecule has 0 amide bonds. The molecule has 1 rings (SSSR count). The van der Waals surface area contributed by atoms with Crippen LogP contribution in [-0.4, -0.2) is 16.5 Å². The number of aliphatic hydroxyl groups is 1. The highest BCUT2D eigenvalue weighted by molar-refractivity contribution is 6.02. The summed E-state index contributed by atoms with van der Waals surface area (Å²) in [7, 11) is 0. The zero-order chi connectivity index (χ0) is 13.8. The van der Waals surface area contributed by atoms with Crippen LogP contribution in [0.1, 0.15) is 56.5 Å². The maximum absolute atomic E-state index is 12.3. The second-order valence-corrected chi connectivity index (χ2v) is 5.37. The van der Waals surface area contributed by atoms with E-state index in [0.29, 0.717) is 24.3 Å². The molecule has 1 aromatic rings. The molecule has 0 atom stereocenters. The maximum atomic E-state index is 12.3. The van der Waals surface area contributed by atoms with E-state index < -0.39 is 5.60 Å². The summed E-state index contributed by atoms with van der Waals surface area (Å²) in [6.45, 7) is 8.00. The first kappa shape index (κ1) is 14.9. The second kappa shape index (κ2) is 6.14. The first-order valence-corrected chi connectivity index (χ1v) is 6.79. The van der Waals surface area contributed by atoms with Gasteiger partial charge in [-0.3, -0.25) is 4.79 Å². The van der Waals surface area contributed by atoms with Crippen LogP contribution in [0.5, 0.6) is 0 Å². The number of hydrogen-bond donors (Lipinski definition) is 1. The number of benzene rings is 1. The Bertz CT molecular complexity index is 403. The third-order valence-electron chi connectivity index (χ3n) is 3.43. The SMILES string of the molecule is CCC(O)(CC)C(=O)c1cccc(CC(C)C)c1. The zero-order valence-electron chi connectivity index (χ0n) is 11.9. The fraction of sp³-hybridized carbons (Fsp3) is 0.562. The summed E-state index contributed by atoms with van der Waals surface area (Å²) in [5.41, 5.74) is 0.570. The van der Waals surface area contributed by atoms with Gasteiger partial charge >= 0.3 is 0 Å². The largest absolute Gasteiger partial charge is 0.382 e. The van der Waals surface area contributed by atoms with E-state index in [0.717, 1.165) is 12.0 Å². The molecule has 0 aliphatic carbocycles. The first-order valence-electron chi connectivity index (χ1n) is 6.79. The summed E-state index contributed by atoms with van der Waals surface area (Å²) >= 11 is 0. The van der Waals surface area contributed by atoms with Gasteiger partial charge in [-0.05, 0) is 36.8 Å². The Kier molecular flexibility index (Phi) is 5.09. The topological polar surface area (TPSA) is 37.3 Å². The molecule has 2 heteroatoms. The molecular weight excluding hydrogens is 224 g/mol. The lowest BCUT2D eigenvalue weighted by atomic mass is 9.87. The molecule has 0 heterocycles. The van der Waals surface area contributed by atoms with Crippen LogP contribution in [0.2, 0.25) is 0 Å². The Balaban J connectivity index is 2.99. The lowest BCUT2D eigenvalue weighted by Crippen LogP contribution is -2.37. The van der Waals surface area contributed by atoms with Gasteiger partial charge in [-0.25, -0.2) is 0 Å². The fourth-order valence-electron chi connectivity index (χ4n) is 2.15. The zero-order valence-corrected chi connectivity index (χ0v) is 11.9. The standard InChI is InChI=1S/C16H24O2/c1-5-16(18,6-2)15(17)14-9-7-8-13(11-14)10-12(3)4/h7-9,11-12,18H,5-6,10H2,1-4H3. The highest BCUT2D eigenvalue weighted by Crippen LogP contribution is 2.22. The minimum absolute atomic E-state index is 0.155. The predicted octanol–water partition coefficient (Wildman–Crippen LogP) is 3.62. The minimum atomic E-state index is -1.21. The normalized spacial score (nSPS) is 11.9. The molecule has 0 aliphatic rings. The average Bonchev–Trinajstić information content (AvgIpc) is 2.36. The second-order valence-electron chi connectivity index (χ2n) is 5.37. The van der Waals surface area contributed by atoms with Crippen molar-refractivity contribution in [2.75, 3.05) is 0 Å². The number of hydrogen-bond acceptors (Lipinski definition) is 2. The molecule has 0 unspecified atom stereocenters. The summed E-state index contributed by atoms with van der Waals surface area (Å²) in [6, 6.07) is 7.64. The molecule has 1 aromatic carbocycles. The van der Waals surface area contributed by atoms with Crippen LogP contribution in [0.15, 0.2) is 24.3 Å². The molecule has 100 valence electrons. The van der Waals surface area contributed by atoms with Gasteiger partial charge in [0.05, 0.1) is 0 Å². The summed E-state index contributed by atoms with van der Waals surface area (Å²) in [4.78, 5) is 12.3. The number of carbonyl (C=O) groups is 1. The number of rotatable bonds is 6. The van der Waals surface area contributed by atoms with E-state index >= 15 is 0 Å². The van der Waals surface area contributed by atoms with E-state index in [4.69, 9.17) is 0 Å². The maximum Gasteiger partial charge on any atom is 0.194 e. The molecule has 18 heavy (non-hydrogen) atoms. The molecule has 0 bridgehead atoms. The first-order chi connectivity index (χ1) is 8.42.